The summed E-state index contributed by atoms with van der Waals surface area (Å²) >= 11 is 1.58. The van der Waals surface area contributed by atoms with Crippen molar-refractivity contribution in [2.45, 2.75) is 52.6 Å². The predicted molar refractivity (Wildman–Crippen MR) is 81.9 cm³/mol. The van der Waals surface area contributed by atoms with Crippen molar-refractivity contribution in [3.05, 3.63) is 24.3 Å². The Kier molecular flexibility index (Phi) is 4.16. The van der Waals surface area contributed by atoms with Gasteiger partial charge in [-0.2, -0.15) is 0 Å². The number of nitrogens with zero attached hydrogens (tertiary/aromatic N) is 4. The van der Waals surface area contributed by atoms with Crippen molar-refractivity contribution >= 4 is 23.2 Å². The Labute approximate surface area is 119 Å². The number of fused-ring (bicyclic) bond motifs is 1. The zero-order valence-electron chi connectivity index (χ0n) is 12.3. The molecule has 104 valence electrons. The summed E-state index contributed by atoms with van der Waals surface area (Å²) in [5.74, 6) is 0. The van der Waals surface area contributed by atoms with Gasteiger partial charge in [0, 0.05) is 11.6 Å². The van der Waals surface area contributed by atoms with Crippen molar-refractivity contribution in [1.82, 2.24) is 18.7 Å². The predicted octanol–water partition coefficient (Wildman–Crippen LogP) is 3.74. The number of rotatable bonds is 5. The molecule has 0 fully saturated rings. The minimum absolute atomic E-state index is 0.110. The molecule has 2 aromatic rings. The van der Waals surface area contributed by atoms with Crippen molar-refractivity contribution in [2.75, 3.05) is 0 Å². The van der Waals surface area contributed by atoms with Gasteiger partial charge < -0.3 is 0 Å². The molecule has 1 aromatic heterocycles. The average Bonchev–Trinajstić information content (AvgIpc) is 2.77. The van der Waals surface area contributed by atoms with Crippen LogP contribution in [0.1, 0.15) is 41.0 Å². The van der Waals surface area contributed by atoms with Crippen molar-refractivity contribution in [3.8, 4) is 0 Å². The van der Waals surface area contributed by atoms with Gasteiger partial charge in [0.1, 0.15) is 11.0 Å². The van der Waals surface area contributed by atoms with Gasteiger partial charge in [0.25, 0.3) is 0 Å². The van der Waals surface area contributed by atoms with E-state index >= 15 is 0 Å². The lowest BCUT2D eigenvalue weighted by atomic mass is 10.0. The molecule has 0 N–H and O–H groups in total. The van der Waals surface area contributed by atoms with Gasteiger partial charge in [-0.3, -0.25) is 0 Å². The van der Waals surface area contributed by atoms with Gasteiger partial charge in [-0.15, -0.1) is 14.4 Å². The van der Waals surface area contributed by atoms with Gasteiger partial charge in [0.05, 0.1) is 12.1 Å². The third-order valence-electron chi connectivity index (χ3n) is 3.36. The third-order valence-corrected chi connectivity index (χ3v) is 4.76. The largest absolute Gasteiger partial charge is 0.221 e. The summed E-state index contributed by atoms with van der Waals surface area (Å²) < 4.78 is 4.08. The quantitative estimate of drug-likeness (QED) is 0.780. The molecule has 1 heterocycles. The molecular formula is C14H22N4S. The first-order chi connectivity index (χ1) is 8.94. The lowest BCUT2D eigenvalue weighted by Gasteiger charge is -2.38. The minimum atomic E-state index is 0.110. The average molecular weight is 278 g/mol. The molecule has 5 heteroatoms. The van der Waals surface area contributed by atoms with E-state index in [4.69, 9.17) is 0 Å². The Bertz CT molecular complexity index is 514. The third kappa shape index (κ3) is 3.09. The minimum Gasteiger partial charge on any atom is -0.221 e. The molecule has 1 aromatic carbocycles. The van der Waals surface area contributed by atoms with E-state index < -0.39 is 0 Å². The Morgan fingerprint density at radius 1 is 1.21 bits per heavy atom. The lowest BCUT2D eigenvalue weighted by molar-refractivity contribution is 0.201. The highest BCUT2D eigenvalue weighted by molar-refractivity contribution is 7.95. The summed E-state index contributed by atoms with van der Waals surface area (Å²) in [7, 11) is 0. The molecule has 0 aliphatic heterocycles. The molecule has 0 unspecified atom stereocenters. The summed E-state index contributed by atoms with van der Waals surface area (Å²) in [5, 5.41) is 9.02. The lowest BCUT2D eigenvalue weighted by Crippen LogP contribution is -2.43. The zero-order chi connectivity index (χ0) is 14.0. The molecule has 0 radical (unpaired) electrons. The summed E-state index contributed by atoms with van der Waals surface area (Å²) in [5.41, 5.74) is 1.99. The van der Waals surface area contributed by atoms with Crippen molar-refractivity contribution < 1.29 is 0 Å². The highest BCUT2D eigenvalue weighted by Gasteiger charge is 2.29. The highest BCUT2D eigenvalue weighted by Crippen LogP contribution is 2.29. The van der Waals surface area contributed by atoms with Crippen LogP contribution in [0.4, 0.5) is 0 Å². The van der Waals surface area contributed by atoms with E-state index in [0.29, 0.717) is 6.04 Å². The first-order valence-corrected chi connectivity index (χ1v) is 7.47. The van der Waals surface area contributed by atoms with Gasteiger partial charge in [0.15, 0.2) is 0 Å². The normalized spacial score (nSPS) is 12.8. The van der Waals surface area contributed by atoms with E-state index in [-0.39, 0.29) is 5.54 Å². The second-order valence-corrected chi connectivity index (χ2v) is 6.49. The molecule has 0 aliphatic carbocycles. The van der Waals surface area contributed by atoms with Crippen LogP contribution in [0.3, 0.4) is 0 Å². The maximum absolute atomic E-state index is 4.51. The van der Waals surface area contributed by atoms with E-state index in [1.807, 2.05) is 24.3 Å². The zero-order valence-corrected chi connectivity index (χ0v) is 13.1. The van der Waals surface area contributed by atoms with Crippen LogP contribution in [0.25, 0.3) is 11.0 Å². The standard InChI is InChI=1S/C14H22N4S/c1-6-14(4,5)17(11(2)3)19-18-15-12-9-7-8-10-13(12)16-18/h7-11H,6H2,1-5H3. The fourth-order valence-electron chi connectivity index (χ4n) is 2.01. The van der Waals surface area contributed by atoms with Crippen LogP contribution >= 0.6 is 12.1 Å². The maximum Gasteiger partial charge on any atom is 0.114 e. The molecule has 0 atom stereocenters. The van der Waals surface area contributed by atoms with E-state index in [1.54, 1.807) is 16.3 Å². The molecule has 2 rings (SSSR count). The van der Waals surface area contributed by atoms with Gasteiger partial charge in [-0.05, 0) is 46.2 Å². The maximum atomic E-state index is 4.51. The molecule has 4 nitrogen and oxygen atoms in total. The topological polar surface area (TPSA) is 34.0 Å². The van der Waals surface area contributed by atoms with E-state index in [2.05, 4.69) is 49.1 Å². The Hall–Kier alpha value is -1.07. The Balaban J connectivity index is 2.26. The first-order valence-electron chi connectivity index (χ1n) is 6.74. The SMILES string of the molecule is CCC(C)(C)N(Sn1nc2ccccc2n1)C(C)C. The van der Waals surface area contributed by atoms with Crippen LogP contribution in [0, 0.1) is 0 Å². The van der Waals surface area contributed by atoms with Crippen molar-refractivity contribution in [3.63, 3.8) is 0 Å². The fraction of sp³-hybridized carbons (Fsp3) is 0.571. The van der Waals surface area contributed by atoms with Crippen LogP contribution in [0.15, 0.2) is 24.3 Å². The number of aromatic nitrogens is 3. The summed E-state index contributed by atoms with van der Waals surface area (Å²) in [6, 6.07) is 8.38. The van der Waals surface area contributed by atoms with Crippen LogP contribution in [0.2, 0.25) is 0 Å². The number of hydrogen-bond donors (Lipinski definition) is 0. The molecule has 0 saturated carbocycles. The molecule has 0 saturated heterocycles. The Morgan fingerprint density at radius 2 is 1.74 bits per heavy atom. The first kappa shape index (κ1) is 14.3. The van der Waals surface area contributed by atoms with E-state index in [9.17, 15) is 0 Å². The second kappa shape index (κ2) is 5.51. The molecule has 0 aliphatic rings. The van der Waals surface area contributed by atoms with Gasteiger partial charge in [-0.25, -0.2) is 4.31 Å². The van der Waals surface area contributed by atoms with Gasteiger partial charge in [-0.1, -0.05) is 19.1 Å². The van der Waals surface area contributed by atoms with E-state index in [1.165, 1.54) is 0 Å². The van der Waals surface area contributed by atoms with Crippen molar-refractivity contribution in [2.24, 2.45) is 0 Å². The Morgan fingerprint density at radius 3 is 2.16 bits per heavy atom. The molecule has 0 amide bonds. The van der Waals surface area contributed by atoms with Crippen LogP contribution in [-0.4, -0.2) is 30.3 Å². The number of hydrogen-bond acceptors (Lipinski definition) is 4. The number of benzene rings is 1. The smallest absolute Gasteiger partial charge is 0.114 e. The second-order valence-electron chi connectivity index (χ2n) is 5.61. The fourth-order valence-corrected chi connectivity index (χ4v) is 2.96. The van der Waals surface area contributed by atoms with Crippen LogP contribution in [-0.2, 0) is 0 Å². The van der Waals surface area contributed by atoms with E-state index in [0.717, 1.165) is 17.5 Å². The van der Waals surface area contributed by atoms with Crippen LogP contribution in [0.5, 0.6) is 0 Å². The van der Waals surface area contributed by atoms with Gasteiger partial charge in [0.2, 0.25) is 0 Å². The summed E-state index contributed by atoms with van der Waals surface area (Å²) in [4.78, 5) is 0. The summed E-state index contributed by atoms with van der Waals surface area (Å²) in [6.07, 6.45) is 1.08. The highest BCUT2D eigenvalue weighted by atomic mass is 32.2. The summed E-state index contributed by atoms with van der Waals surface area (Å²) in [6.45, 7) is 11.1. The van der Waals surface area contributed by atoms with Crippen LogP contribution < -0.4 is 0 Å². The monoisotopic (exact) mass is 278 g/mol. The molecular weight excluding hydrogens is 256 g/mol. The molecule has 0 bridgehead atoms. The molecule has 19 heavy (non-hydrogen) atoms. The van der Waals surface area contributed by atoms with Crippen molar-refractivity contribution in [1.29, 1.82) is 0 Å². The molecule has 0 spiro atoms. The van der Waals surface area contributed by atoms with Gasteiger partial charge >= 0.3 is 0 Å².